The Morgan fingerprint density at radius 1 is 0.966 bits per heavy atom. The van der Waals surface area contributed by atoms with E-state index >= 15 is 0 Å². The van der Waals surface area contributed by atoms with Crippen molar-refractivity contribution in [1.29, 1.82) is 0 Å². The maximum atomic E-state index is 12.9. The van der Waals surface area contributed by atoms with Gasteiger partial charge in [-0.15, -0.1) is 11.8 Å². The average molecular weight is 407 g/mol. The summed E-state index contributed by atoms with van der Waals surface area (Å²) >= 11 is 1.75. The van der Waals surface area contributed by atoms with Gasteiger partial charge < -0.3 is 19.7 Å². The molecule has 1 aliphatic rings. The number of methoxy groups -OCH3 is 1. The second-order valence-corrected chi connectivity index (χ2v) is 7.75. The summed E-state index contributed by atoms with van der Waals surface area (Å²) in [5, 5.41) is 2.93. The first-order valence-electron chi connectivity index (χ1n) is 9.39. The number of carbonyl (C=O) groups is 1. The topological polar surface area (TPSA) is 50.8 Å². The zero-order valence-electron chi connectivity index (χ0n) is 16.1. The number of amides is 2. The molecular formula is C23H22N2O3S. The van der Waals surface area contributed by atoms with Crippen LogP contribution >= 0.6 is 11.8 Å². The Morgan fingerprint density at radius 3 is 2.48 bits per heavy atom. The Morgan fingerprint density at radius 2 is 1.72 bits per heavy atom. The lowest BCUT2D eigenvalue weighted by Gasteiger charge is -2.25. The molecule has 148 valence electrons. The molecule has 6 heteroatoms. The molecule has 1 atom stereocenters. The molecule has 1 aliphatic heterocycles. The lowest BCUT2D eigenvalue weighted by Crippen LogP contribution is -2.34. The number of nitrogens with one attached hydrogen (secondary N) is 1. The molecule has 29 heavy (non-hydrogen) atoms. The number of hydrogen-bond acceptors (Lipinski definition) is 4. The SMILES string of the molecule is COc1ccc(NC(=O)N2CCS[C@@H]2c2cccc(Oc3ccccc3)c2)cc1. The first-order valence-corrected chi connectivity index (χ1v) is 10.4. The molecule has 0 saturated carbocycles. The predicted octanol–water partition coefficient (Wildman–Crippen LogP) is 5.77. The van der Waals surface area contributed by atoms with Crippen LogP contribution in [0.25, 0.3) is 0 Å². The van der Waals surface area contributed by atoms with Crippen LogP contribution in [-0.2, 0) is 0 Å². The Kier molecular flexibility index (Phi) is 5.91. The van der Waals surface area contributed by atoms with Crippen LogP contribution in [0.15, 0.2) is 78.9 Å². The summed E-state index contributed by atoms with van der Waals surface area (Å²) in [7, 11) is 1.62. The number of carbonyl (C=O) groups excluding carboxylic acids is 1. The second-order valence-electron chi connectivity index (χ2n) is 6.56. The zero-order chi connectivity index (χ0) is 20.1. The van der Waals surface area contributed by atoms with Crippen molar-refractivity contribution in [2.24, 2.45) is 0 Å². The van der Waals surface area contributed by atoms with Crippen molar-refractivity contribution >= 4 is 23.5 Å². The number of urea groups is 1. The number of nitrogens with zero attached hydrogens (tertiary/aromatic N) is 1. The van der Waals surface area contributed by atoms with Crippen LogP contribution in [0.5, 0.6) is 17.2 Å². The van der Waals surface area contributed by atoms with Crippen molar-refractivity contribution in [2.75, 3.05) is 24.7 Å². The second kappa shape index (κ2) is 8.92. The van der Waals surface area contributed by atoms with Crippen LogP contribution < -0.4 is 14.8 Å². The fourth-order valence-electron chi connectivity index (χ4n) is 3.18. The molecule has 3 aromatic rings. The van der Waals surface area contributed by atoms with Gasteiger partial charge in [-0.3, -0.25) is 0 Å². The van der Waals surface area contributed by atoms with Gasteiger partial charge in [0.2, 0.25) is 0 Å². The number of thioether (sulfide) groups is 1. The molecule has 2 amide bonds. The maximum absolute atomic E-state index is 12.9. The van der Waals surface area contributed by atoms with Gasteiger partial charge in [-0.1, -0.05) is 30.3 Å². The number of hydrogen-bond donors (Lipinski definition) is 1. The van der Waals surface area contributed by atoms with E-state index in [1.165, 1.54) is 0 Å². The number of benzene rings is 3. The van der Waals surface area contributed by atoms with Gasteiger partial charge in [0, 0.05) is 18.0 Å². The highest BCUT2D eigenvalue weighted by molar-refractivity contribution is 7.99. The van der Waals surface area contributed by atoms with Gasteiger partial charge in [-0.2, -0.15) is 0 Å². The van der Waals surface area contributed by atoms with Crippen molar-refractivity contribution in [3.05, 3.63) is 84.4 Å². The summed E-state index contributed by atoms with van der Waals surface area (Å²) in [6.45, 7) is 0.696. The lowest BCUT2D eigenvalue weighted by molar-refractivity contribution is 0.214. The normalized spacial score (nSPS) is 15.8. The molecule has 0 unspecified atom stereocenters. The third-order valence-electron chi connectivity index (χ3n) is 4.62. The summed E-state index contributed by atoms with van der Waals surface area (Å²) in [6, 6.07) is 24.8. The third kappa shape index (κ3) is 4.66. The van der Waals surface area contributed by atoms with Crippen molar-refractivity contribution in [3.8, 4) is 17.2 Å². The van der Waals surface area contributed by atoms with Gasteiger partial charge in [-0.05, 0) is 54.1 Å². The van der Waals surface area contributed by atoms with Crippen molar-refractivity contribution in [1.82, 2.24) is 4.90 Å². The highest BCUT2D eigenvalue weighted by atomic mass is 32.2. The minimum atomic E-state index is -0.112. The molecule has 0 aliphatic carbocycles. The number of ether oxygens (including phenoxy) is 2. The number of rotatable bonds is 5. The highest BCUT2D eigenvalue weighted by Gasteiger charge is 2.31. The average Bonchev–Trinajstić information content (AvgIpc) is 3.25. The largest absolute Gasteiger partial charge is 0.497 e. The monoisotopic (exact) mass is 406 g/mol. The van der Waals surface area contributed by atoms with Crippen molar-refractivity contribution in [2.45, 2.75) is 5.37 Å². The summed E-state index contributed by atoms with van der Waals surface area (Å²) in [5.74, 6) is 3.20. The molecule has 1 N–H and O–H groups in total. The van der Waals surface area contributed by atoms with E-state index in [1.807, 2.05) is 83.8 Å². The van der Waals surface area contributed by atoms with Gasteiger partial charge in [0.25, 0.3) is 0 Å². The van der Waals surface area contributed by atoms with E-state index in [0.717, 1.165) is 34.3 Å². The first-order chi connectivity index (χ1) is 14.2. The Hall–Kier alpha value is -3.12. The standard InChI is InChI=1S/C23H22N2O3S/c1-27-19-12-10-18(11-13-19)24-23(26)25-14-15-29-22(25)17-6-5-9-21(16-17)28-20-7-3-2-4-8-20/h2-13,16,22H,14-15H2,1H3,(H,24,26)/t22-/m1/s1. The molecule has 3 aromatic carbocycles. The van der Waals surface area contributed by atoms with Crippen LogP contribution in [0.3, 0.4) is 0 Å². The van der Waals surface area contributed by atoms with E-state index in [1.54, 1.807) is 18.9 Å². The maximum Gasteiger partial charge on any atom is 0.323 e. The summed E-state index contributed by atoms with van der Waals surface area (Å²) in [5.41, 5.74) is 1.79. The van der Waals surface area contributed by atoms with Gasteiger partial charge >= 0.3 is 6.03 Å². The fourth-order valence-corrected chi connectivity index (χ4v) is 4.43. The minimum absolute atomic E-state index is 0.0485. The minimum Gasteiger partial charge on any atom is -0.497 e. The Balaban J connectivity index is 1.47. The van der Waals surface area contributed by atoms with Crippen LogP contribution in [0.1, 0.15) is 10.9 Å². The van der Waals surface area contributed by atoms with Gasteiger partial charge in [-0.25, -0.2) is 4.79 Å². The van der Waals surface area contributed by atoms with Crippen LogP contribution in [0.4, 0.5) is 10.5 Å². The quantitative estimate of drug-likeness (QED) is 0.585. The van der Waals surface area contributed by atoms with E-state index in [-0.39, 0.29) is 11.4 Å². The van der Waals surface area contributed by atoms with Crippen LogP contribution in [0, 0.1) is 0 Å². The summed E-state index contributed by atoms with van der Waals surface area (Å²) in [4.78, 5) is 14.7. The molecule has 5 nitrogen and oxygen atoms in total. The van der Waals surface area contributed by atoms with Gasteiger partial charge in [0.15, 0.2) is 0 Å². The molecule has 0 aromatic heterocycles. The van der Waals surface area contributed by atoms with Gasteiger partial charge in [0.05, 0.1) is 7.11 Å². The van der Waals surface area contributed by atoms with E-state index in [2.05, 4.69) is 5.32 Å². The summed E-state index contributed by atoms with van der Waals surface area (Å²) < 4.78 is 11.1. The highest BCUT2D eigenvalue weighted by Crippen LogP contribution is 2.39. The Bertz CT molecular complexity index is 963. The summed E-state index contributed by atoms with van der Waals surface area (Å²) in [6.07, 6.45) is 0. The molecule has 4 rings (SSSR count). The molecule has 0 spiro atoms. The number of anilines is 1. The lowest BCUT2D eigenvalue weighted by atomic mass is 10.2. The van der Waals surface area contributed by atoms with E-state index in [9.17, 15) is 4.79 Å². The molecular weight excluding hydrogens is 384 g/mol. The Labute approximate surface area is 174 Å². The smallest absolute Gasteiger partial charge is 0.323 e. The van der Waals surface area contributed by atoms with Gasteiger partial charge in [0.1, 0.15) is 22.6 Å². The van der Waals surface area contributed by atoms with E-state index in [4.69, 9.17) is 9.47 Å². The first kappa shape index (κ1) is 19.2. The van der Waals surface area contributed by atoms with Crippen molar-refractivity contribution in [3.63, 3.8) is 0 Å². The molecule has 1 fully saturated rings. The molecule has 1 heterocycles. The zero-order valence-corrected chi connectivity index (χ0v) is 16.9. The van der Waals surface area contributed by atoms with Crippen LogP contribution in [0.2, 0.25) is 0 Å². The fraction of sp³-hybridized carbons (Fsp3) is 0.174. The molecule has 1 saturated heterocycles. The molecule has 0 bridgehead atoms. The van der Waals surface area contributed by atoms with Crippen molar-refractivity contribution < 1.29 is 14.3 Å². The van der Waals surface area contributed by atoms with Crippen LogP contribution in [-0.4, -0.2) is 30.3 Å². The third-order valence-corrected chi connectivity index (χ3v) is 5.88. The molecule has 0 radical (unpaired) electrons. The van der Waals surface area contributed by atoms with E-state index in [0.29, 0.717) is 6.54 Å². The number of para-hydroxylation sites is 1. The van der Waals surface area contributed by atoms with E-state index < -0.39 is 0 Å². The predicted molar refractivity (Wildman–Crippen MR) is 117 cm³/mol.